The van der Waals surface area contributed by atoms with Gasteiger partial charge in [0.1, 0.15) is 0 Å². The van der Waals surface area contributed by atoms with Gasteiger partial charge in [0.2, 0.25) is 0 Å². The molecule has 0 bridgehead atoms. The van der Waals surface area contributed by atoms with Gasteiger partial charge in [0, 0.05) is 53.4 Å². The summed E-state index contributed by atoms with van der Waals surface area (Å²) in [6, 6.07) is 8.67. The van der Waals surface area contributed by atoms with Crippen LogP contribution in [0.1, 0.15) is 24.0 Å². The van der Waals surface area contributed by atoms with E-state index in [1.54, 1.807) is 0 Å². The van der Waals surface area contributed by atoms with Gasteiger partial charge < -0.3 is 20.4 Å². The lowest BCUT2D eigenvalue weighted by Crippen LogP contribution is -2.42. The summed E-state index contributed by atoms with van der Waals surface area (Å²) in [7, 11) is 4.18. The molecule has 6 heteroatoms. The van der Waals surface area contributed by atoms with Gasteiger partial charge in [-0.1, -0.05) is 24.3 Å². The molecule has 2 aliphatic heterocycles. The Hall–Kier alpha value is -2.24. The van der Waals surface area contributed by atoms with Gasteiger partial charge in [-0.2, -0.15) is 0 Å². The van der Waals surface area contributed by atoms with Gasteiger partial charge in [-0.25, -0.2) is 0 Å². The van der Waals surface area contributed by atoms with Crippen molar-refractivity contribution in [2.24, 2.45) is 9.98 Å². The van der Waals surface area contributed by atoms with E-state index in [0.717, 1.165) is 64.0 Å². The molecule has 2 heterocycles. The molecule has 0 unspecified atom stereocenters. The van der Waals surface area contributed by atoms with E-state index in [-0.39, 0.29) is 0 Å². The number of nitrogens with one attached hydrogen (secondary N) is 2. The monoisotopic (exact) mass is 328 g/mol. The molecule has 0 saturated heterocycles. The Morgan fingerprint density at radius 2 is 1.38 bits per heavy atom. The SMILES string of the molecule is CN1CCCN=C1NCc1cccc(CNC2=NCCCN2C)c1. The van der Waals surface area contributed by atoms with Gasteiger partial charge >= 0.3 is 0 Å². The molecule has 2 aliphatic rings. The molecule has 1 aromatic carbocycles. The highest BCUT2D eigenvalue weighted by molar-refractivity contribution is 5.80. The Balaban J connectivity index is 1.54. The summed E-state index contributed by atoms with van der Waals surface area (Å²) in [5, 5.41) is 6.90. The van der Waals surface area contributed by atoms with Crippen LogP contribution in [0.3, 0.4) is 0 Å². The van der Waals surface area contributed by atoms with Gasteiger partial charge in [0.25, 0.3) is 0 Å². The fourth-order valence-electron chi connectivity index (χ4n) is 3.03. The zero-order valence-corrected chi connectivity index (χ0v) is 14.8. The maximum atomic E-state index is 4.55. The van der Waals surface area contributed by atoms with Gasteiger partial charge in [-0.3, -0.25) is 9.98 Å². The molecule has 3 rings (SSSR count). The first-order valence-electron chi connectivity index (χ1n) is 8.79. The molecule has 2 N–H and O–H groups in total. The molecule has 130 valence electrons. The Morgan fingerprint density at radius 1 is 0.875 bits per heavy atom. The van der Waals surface area contributed by atoms with Crippen LogP contribution in [-0.2, 0) is 13.1 Å². The first kappa shape index (κ1) is 16.6. The molecule has 0 fully saturated rings. The third kappa shape index (κ3) is 4.40. The highest BCUT2D eigenvalue weighted by Crippen LogP contribution is 2.07. The molecule has 0 aromatic heterocycles. The summed E-state index contributed by atoms with van der Waals surface area (Å²) < 4.78 is 0. The van der Waals surface area contributed by atoms with E-state index in [1.165, 1.54) is 11.1 Å². The second-order valence-corrected chi connectivity index (χ2v) is 6.49. The summed E-state index contributed by atoms with van der Waals surface area (Å²) in [5.74, 6) is 2.01. The van der Waals surface area contributed by atoms with Crippen LogP contribution >= 0.6 is 0 Å². The molecular formula is C18H28N6. The molecule has 1 aromatic rings. The predicted octanol–water partition coefficient (Wildman–Crippen LogP) is 1.25. The largest absolute Gasteiger partial charge is 0.352 e. The van der Waals surface area contributed by atoms with Gasteiger partial charge in [0.05, 0.1) is 0 Å². The molecule has 0 aliphatic carbocycles. The van der Waals surface area contributed by atoms with E-state index in [2.05, 4.69) is 68.8 Å². The molecule has 0 spiro atoms. The first-order valence-corrected chi connectivity index (χ1v) is 8.79. The minimum absolute atomic E-state index is 0.803. The normalized spacial score (nSPS) is 18.1. The van der Waals surface area contributed by atoms with Crippen LogP contribution in [0.2, 0.25) is 0 Å². The molecule has 0 atom stereocenters. The van der Waals surface area contributed by atoms with Crippen LogP contribution < -0.4 is 10.6 Å². The Morgan fingerprint density at radius 3 is 1.83 bits per heavy atom. The van der Waals surface area contributed by atoms with E-state index < -0.39 is 0 Å². The van der Waals surface area contributed by atoms with Crippen molar-refractivity contribution in [1.29, 1.82) is 0 Å². The smallest absolute Gasteiger partial charge is 0.193 e. The number of benzene rings is 1. The van der Waals surface area contributed by atoms with E-state index >= 15 is 0 Å². The van der Waals surface area contributed by atoms with Gasteiger partial charge in [-0.15, -0.1) is 0 Å². The quantitative estimate of drug-likeness (QED) is 0.873. The first-order chi connectivity index (χ1) is 11.7. The second-order valence-electron chi connectivity index (χ2n) is 6.49. The van der Waals surface area contributed by atoms with E-state index in [1.807, 2.05) is 0 Å². The van der Waals surface area contributed by atoms with Crippen LogP contribution in [0.4, 0.5) is 0 Å². The average Bonchev–Trinajstić information content (AvgIpc) is 2.61. The van der Waals surface area contributed by atoms with Crippen molar-refractivity contribution in [3.8, 4) is 0 Å². The molecule has 0 amide bonds. The number of rotatable bonds is 4. The fraction of sp³-hybridized carbons (Fsp3) is 0.556. The highest BCUT2D eigenvalue weighted by Gasteiger charge is 2.11. The van der Waals surface area contributed by atoms with E-state index in [0.29, 0.717) is 0 Å². The minimum atomic E-state index is 0.803. The molecule has 0 radical (unpaired) electrons. The number of aliphatic imine (C=N–C) groups is 2. The van der Waals surface area contributed by atoms with Crippen LogP contribution in [0.5, 0.6) is 0 Å². The lowest BCUT2D eigenvalue weighted by Gasteiger charge is -2.26. The fourth-order valence-corrected chi connectivity index (χ4v) is 3.03. The van der Waals surface area contributed by atoms with Crippen molar-refractivity contribution < 1.29 is 0 Å². The van der Waals surface area contributed by atoms with Gasteiger partial charge in [0.15, 0.2) is 11.9 Å². The van der Waals surface area contributed by atoms with Gasteiger partial charge in [-0.05, 0) is 24.0 Å². The van der Waals surface area contributed by atoms with E-state index in [4.69, 9.17) is 0 Å². The van der Waals surface area contributed by atoms with Crippen molar-refractivity contribution in [2.45, 2.75) is 25.9 Å². The predicted molar refractivity (Wildman–Crippen MR) is 99.2 cm³/mol. The van der Waals surface area contributed by atoms with Crippen molar-refractivity contribution in [3.05, 3.63) is 35.4 Å². The third-order valence-corrected chi connectivity index (χ3v) is 4.44. The second kappa shape index (κ2) is 8.04. The molecular weight excluding hydrogens is 300 g/mol. The summed E-state index contributed by atoms with van der Waals surface area (Å²) in [6.45, 7) is 5.60. The average molecular weight is 328 g/mol. The van der Waals surface area contributed by atoms with Crippen molar-refractivity contribution in [2.75, 3.05) is 40.3 Å². The maximum absolute atomic E-state index is 4.55. The number of nitrogens with zero attached hydrogens (tertiary/aromatic N) is 4. The zero-order valence-electron chi connectivity index (χ0n) is 14.8. The summed E-state index contributed by atoms with van der Waals surface area (Å²) >= 11 is 0. The summed E-state index contributed by atoms with van der Waals surface area (Å²) in [4.78, 5) is 13.5. The Bertz CT molecular complexity index is 560. The van der Waals surface area contributed by atoms with Crippen LogP contribution in [0.25, 0.3) is 0 Å². The number of guanidine groups is 2. The van der Waals surface area contributed by atoms with E-state index in [9.17, 15) is 0 Å². The molecule has 24 heavy (non-hydrogen) atoms. The maximum Gasteiger partial charge on any atom is 0.193 e. The lowest BCUT2D eigenvalue weighted by molar-refractivity contribution is 0.445. The van der Waals surface area contributed by atoms with Crippen LogP contribution in [-0.4, -0.2) is 62.0 Å². The minimum Gasteiger partial charge on any atom is -0.352 e. The molecule has 6 nitrogen and oxygen atoms in total. The third-order valence-electron chi connectivity index (χ3n) is 4.44. The Kier molecular flexibility index (Phi) is 5.56. The van der Waals surface area contributed by atoms with Crippen molar-refractivity contribution >= 4 is 11.9 Å². The molecule has 0 saturated carbocycles. The van der Waals surface area contributed by atoms with Crippen LogP contribution in [0, 0.1) is 0 Å². The standard InChI is InChI=1S/C18H28N6/c1-23-10-4-8-19-17(23)21-13-15-6-3-7-16(12-15)14-22-18-20-9-5-11-24(18)2/h3,6-7,12H,4-5,8-11,13-14H2,1-2H3,(H,19,21)(H,20,22). The summed E-state index contributed by atoms with van der Waals surface area (Å²) in [6.07, 6.45) is 2.28. The summed E-state index contributed by atoms with van der Waals surface area (Å²) in [5.41, 5.74) is 2.55. The van der Waals surface area contributed by atoms with Crippen molar-refractivity contribution in [3.63, 3.8) is 0 Å². The zero-order chi connectivity index (χ0) is 16.8. The van der Waals surface area contributed by atoms with Crippen LogP contribution in [0.15, 0.2) is 34.3 Å². The Labute approximate surface area is 144 Å². The number of hydrogen-bond acceptors (Lipinski definition) is 6. The number of hydrogen-bond donors (Lipinski definition) is 2. The lowest BCUT2D eigenvalue weighted by atomic mass is 10.1. The van der Waals surface area contributed by atoms with Crippen molar-refractivity contribution in [1.82, 2.24) is 20.4 Å². The highest BCUT2D eigenvalue weighted by atomic mass is 15.3. The topological polar surface area (TPSA) is 55.3 Å².